The molecule has 0 saturated carbocycles. The minimum absolute atomic E-state index is 0.0878. The summed E-state index contributed by atoms with van der Waals surface area (Å²) < 4.78 is 5.40. The zero-order valence-corrected chi connectivity index (χ0v) is 14.1. The van der Waals surface area contributed by atoms with Crippen LogP contribution in [0.1, 0.15) is 34.8 Å². The summed E-state index contributed by atoms with van der Waals surface area (Å²) in [5.41, 5.74) is 7.62. The zero-order chi connectivity index (χ0) is 17.8. The third kappa shape index (κ3) is 3.89. The highest BCUT2D eigenvalue weighted by atomic mass is 16.5. The van der Waals surface area contributed by atoms with E-state index in [0.717, 1.165) is 11.1 Å². The Bertz CT molecular complexity index is 863. The van der Waals surface area contributed by atoms with Crippen LogP contribution >= 0.6 is 0 Å². The van der Waals surface area contributed by atoms with Crippen LogP contribution in [0.3, 0.4) is 0 Å². The number of amides is 1. The van der Waals surface area contributed by atoms with Gasteiger partial charge in [-0.05, 0) is 43.8 Å². The van der Waals surface area contributed by atoms with E-state index in [4.69, 9.17) is 10.3 Å². The van der Waals surface area contributed by atoms with Crippen LogP contribution in [0.2, 0.25) is 0 Å². The van der Waals surface area contributed by atoms with Crippen LogP contribution in [-0.2, 0) is 6.54 Å². The Morgan fingerprint density at radius 3 is 2.88 bits per heavy atom. The van der Waals surface area contributed by atoms with Crippen molar-refractivity contribution in [1.29, 1.82) is 0 Å². The Balaban J connectivity index is 1.72. The molecule has 2 heterocycles. The van der Waals surface area contributed by atoms with E-state index in [1.54, 1.807) is 24.5 Å². The van der Waals surface area contributed by atoms with Crippen LogP contribution in [0.5, 0.6) is 0 Å². The smallest absolute Gasteiger partial charge is 0.248 e. The molecular formula is C18H19N5O2. The Hall–Kier alpha value is -3.06. The van der Waals surface area contributed by atoms with Crippen LogP contribution in [0.15, 0.2) is 53.3 Å². The molecule has 2 aromatic heterocycles. The van der Waals surface area contributed by atoms with E-state index < -0.39 is 5.91 Å². The van der Waals surface area contributed by atoms with Gasteiger partial charge in [-0.1, -0.05) is 17.3 Å². The standard InChI is InChI=1S/C18H19N5O2/c1-12(18-21-17(22-25-18)15-7-4-8-20-10-15)23(2)11-13-5-3-6-14(9-13)16(19)24/h3-10,12H,11H2,1-2H3,(H2,19,24)/t12-/m0/s1. The molecule has 1 aromatic carbocycles. The topological polar surface area (TPSA) is 98.1 Å². The maximum atomic E-state index is 11.3. The lowest BCUT2D eigenvalue weighted by atomic mass is 10.1. The molecule has 2 N–H and O–H groups in total. The molecule has 1 atom stereocenters. The molecule has 0 bridgehead atoms. The predicted octanol–water partition coefficient (Wildman–Crippen LogP) is 2.42. The number of nitrogens with two attached hydrogens (primary N) is 1. The highest BCUT2D eigenvalue weighted by Crippen LogP contribution is 2.22. The zero-order valence-electron chi connectivity index (χ0n) is 14.1. The number of pyridine rings is 1. The molecule has 7 heteroatoms. The third-order valence-corrected chi connectivity index (χ3v) is 4.02. The lowest BCUT2D eigenvalue weighted by molar-refractivity contribution is 0.1000. The average Bonchev–Trinajstić information content (AvgIpc) is 3.12. The quantitative estimate of drug-likeness (QED) is 0.742. The van der Waals surface area contributed by atoms with Gasteiger partial charge < -0.3 is 10.3 Å². The normalized spacial score (nSPS) is 12.3. The summed E-state index contributed by atoms with van der Waals surface area (Å²) in [6.45, 7) is 2.60. The number of benzene rings is 1. The van der Waals surface area contributed by atoms with E-state index in [2.05, 4.69) is 20.0 Å². The molecule has 0 saturated heterocycles. The summed E-state index contributed by atoms with van der Waals surface area (Å²) in [5, 5.41) is 4.02. The summed E-state index contributed by atoms with van der Waals surface area (Å²) in [6.07, 6.45) is 3.39. The van der Waals surface area contributed by atoms with Gasteiger partial charge in [0.05, 0.1) is 6.04 Å². The SMILES string of the molecule is C[C@@H](c1nc(-c2cccnc2)no1)N(C)Cc1cccc(C(N)=O)c1. The van der Waals surface area contributed by atoms with Crippen molar-refractivity contribution in [2.45, 2.75) is 19.5 Å². The molecule has 3 rings (SSSR count). The molecule has 0 aliphatic carbocycles. The van der Waals surface area contributed by atoms with E-state index >= 15 is 0 Å². The van der Waals surface area contributed by atoms with Gasteiger partial charge in [-0.15, -0.1) is 0 Å². The molecule has 7 nitrogen and oxygen atoms in total. The van der Waals surface area contributed by atoms with Gasteiger partial charge in [-0.3, -0.25) is 14.7 Å². The molecule has 0 aliphatic heterocycles. The first kappa shape index (κ1) is 16.8. The van der Waals surface area contributed by atoms with E-state index in [9.17, 15) is 4.79 Å². The van der Waals surface area contributed by atoms with E-state index in [1.165, 1.54) is 0 Å². The number of hydrogen-bond donors (Lipinski definition) is 1. The van der Waals surface area contributed by atoms with Gasteiger partial charge in [-0.2, -0.15) is 4.98 Å². The number of carbonyl (C=O) groups is 1. The molecule has 1 amide bonds. The van der Waals surface area contributed by atoms with Crippen molar-refractivity contribution >= 4 is 5.91 Å². The number of nitrogens with zero attached hydrogens (tertiary/aromatic N) is 4. The van der Waals surface area contributed by atoms with E-state index in [-0.39, 0.29) is 6.04 Å². The van der Waals surface area contributed by atoms with Crippen LogP contribution in [-0.4, -0.2) is 33.0 Å². The maximum Gasteiger partial charge on any atom is 0.248 e. The van der Waals surface area contributed by atoms with Crippen LogP contribution in [0.4, 0.5) is 0 Å². The Morgan fingerprint density at radius 2 is 2.16 bits per heavy atom. The second-order valence-electron chi connectivity index (χ2n) is 5.85. The summed E-state index contributed by atoms with van der Waals surface area (Å²) in [4.78, 5) is 21.9. The van der Waals surface area contributed by atoms with Crippen molar-refractivity contribution < 1.29 is 9.32 Å². The Kier molecular flexibility index (Phi) is 4.85. The summed E-state index contributed by atoms with van der Waals surface area (Å²) in [6, 6.07) is 10.9. The van der Waals surface area contributed by atoms with Gasteiger partial charge in [-0.25, -0.2) is 0 Å². The fourth-order valence-electron chi connectivity index (χ4n) is 2.45. The van der Waals surface area contributed by atoms with Gasteiger partial charge in [0.1, 0.15) is 0 Å². The highest BCUT2D eigenvalue weighted by molar-refractivity contribution is 5.92. The van der Waals surface area contributed by atoms with E-state index in [1.807, 2.05) is 38.2 Å². The number of aromatic nitrogens is 3. The number of carbonyl (C=O) groups excluding carboxylic acids is 1. The summed E-state index contributed by atoms with van der Waals surface area (Å²) >= 11 is 0. The molecule has 0 spiro atoms. The fraction of sp³-hybridized carbons (Fsp3) is 0.222. The molecule has 0 fully saturated rings. The molecular weight excluding hydrogens is 318 g/mol. The monoisotopic (exact) mass is 337 g/mol. The lowest BCUT2D eigenvalue weighted by Gasteiger charge is -2.21. The van der Waals surface area contributed by atoms with Crippen LogP contribution in [0, 0.1) is 0 Å². The molecule has 0 aliphatic rings. The van der Waals surface area contributed by atoms with Crippen molar-refractivity contribution in [2.24, 2.45) is 5.73 Å². The summed E-state index contributed by atoms with van der Waals surface area (Å²) in [7, 11) is 1.95. The van der Waals surface area contributed by atoms with E-state index in [0.29, 0.717) is 23.8 Å². The lowest BCUT2D eigenvalue weighted by Crippen LogP contribution is -2.22. The molecule has 128 valence electrons. The third-order valence-electron chi connectivity index (χ3n) is 4.02. The van der Waals surface area contributed by atoms with Gasteiger partial charge in [0.2, 0.25) is 17.6 Å². The van der Waals surface area contributed by atoms with Crippen molar-refractivity contribution in [2.75, 3.05) is 7.05 Å². The van der Waals surface area contributed by atoms with Crippen LogP contribution in [0.25, 0.3) is 11.4 Å². The van der Waals surface area contributed by atoms with Crippen molar-refractivity contribution in [3.05, 3.63) is 65.8 Å². The first-order valence-corrected chi connectivity index (χ1v) is 7.87. The van der Waals surface area contributed by atoms with Crippen molar-refractivity contribution in [3.63, 3.8) is 0 Å². The second kappa shape index (κ2) is 7.23. The van der Waals surface area contributed by atoms with Crippen LogP contribution < -0.4 is 5.73 Å². The fourth-order valence-corrected chi connectivity index (χ4v) is 2.45. The molecule has 25 heavy (non-hydrogen) atoms. The first-order valence-electron chi connectivity index (χ1n) is 7.87. The minimum Gasteiger partial charge on any atom is -0.366 e. The molecule has 0 radical (unpaired) electrons. The number of hydrogen-bond acceptors (Lipinski definition) is 6. The average molecular weight is 337 g/mol. The van der Waals surface area contributed by atoms with Gasteiger partial charge >= 0.3 is 0 Å². The predicted molar refractivity (Wildman–Crippen MR) is 92.4 cm³/mol. The maximum absolute atomic E-state index is 11.3. The highest BCUT2D eigenvalue weighted by Gasteiger charge is 2.19. The number of primary amides is 1. The Morgan fingerprint density at radius 1 is 1.32 bits per heavy atom. The van der Waals surface area contributed by atoms with Crippen molar-refractivity contribution in [3.8, 4) is 11.4 Å². The number of rotatable bonds is 6. The van der Waals surface area contributed by atoms with Gasteiger partial charge in [0.15, 0.2) is 0 Å². The molecule has 0 unspecified atom stereocenters. The molecule has 3 aromatic rings. The Labute approximate surface area is 145 Å². The van der Waals surface area contributed by atoms with Gasteiger partial charge in [0.25, 0.3) is 0 Å². The summed E-state index contributed by atoms with van der Waals surface area (Å²) in [5.74, 6) is 0.599. The first-order chi connectivity index (χ1) is 12.0. The second-order valence-corrected chi connectivity index (χ2v) is 5.85. The van der Waals surface area contributed by atoms with Gasteiger partial charge in [0, 0.05) is 30.1 Å². The van der Waals surface area contributed by atoms with Crippen molar-refractivity contribution in [1.82, 2.24) is 20.0 Å². The largest absolute Gasteiger partial charge is 0.366 e. The minimum atomic E-state index is -0.435.